The number of oxazole rings is 1. The lowest BCUT2D eigenvalue weighted by Crippen LogP contribution is -2.29. The van der Waals surface area contributed by atoms with Crippen molar-refractivity contribution in [1.82, 2.24) is 9.88 Å². The SMILES string of the molecule is Cc1oc(-c2cccc(C(F)(F)F)c2)nc1CN(CCO)CCO. The van der Waals surface area contributed by atoms with E-state index in [1.54, 1.807) is 11.8 Å². The third-order valence-corrected chi connectivity index (χ3v) is 3.54. The van der Waals surface area contributed by atoms with Crippen LogP contribution in [0.2, 0.25) is 0 Å². The van der Waals surface area contributed by atoms with E-state index in [0.717, 1.165) is 12.1 Å². The highest BCUT2D eigenvalue weighted by atomic mass is 19.4. The van der Waals surface area contributed by atoms with Crippen molar-refractivity contribution in [3.8, 4) is 11.5 Å². The normalized spacial score (nSPS) is 12.1. The van der Waals surface area contributed by atoms with Gasteiger partial charge in [0.05, 0.1) is 24.5 Å². The number of hydrogen-bond acceptors (Lipinski definition) is 5. The summed E-state index contributed by atoms with van der Waals surface area (Å²) in [6.45, 7) is 2.57. The monoisotopic (exact) mass is 344 g/mol. The number of aromatic nitrogens is 1. The first-order valence-corrected chi connectivity index (χ1v) is 7.43. The number of aliphatic hydroxyl groups excluding tert-OH is 2. The summed E-state index contributed by atoms with van der Waals surface area (Å²) < 4.78 is 43.9. The summed E-state index contributed by atoms with van der Waals surface area (Å²) in [7, 11) is 0. The Balaban J connectivity index is 2.25. The average Bonchev–Trinajstić information content (AvgIpc) is 2.88. The van der Waals surface area contributed by atoms with Crippen LogP contribution in [0.5, 0.6) is 0 Å². The van der Waals surface area contributed by atoms with Crippen LogP contribution in [0.4, 0.5) is 13.2 Å². The number of hydrogen-bond donors (Lipinski definition) is 2. The lowest BCUT2D eigenvalue weighted by atomic mass is 10.1. The van der Waals surface area contributed by atoms with Crippen LogP contribution in [0.1, 0.15) is 17.0 Å². The summed E-state index contributed by atoms with van der Waals surface area (Å²) in [5.41, 5.74) is 0.0407. The third-order valence-electron chi connectivity index (χ3n) is 3.54. The van der Waals surface area contributed by atoms with Crippen molar-refractivity contribution < 1.29 is 27.8 Å². The van der Waals surface area contributed by atoms with Gasteiger partial charge in [-0.2, -0.15) is 13.2 Å². The Labute approximate surface area is 137 Å². The van der Waals surface area contributed by atoms with Gasteiger partial charge in [0.25, 0.3) is 0 Å². The fraction of sp³-hybridized carbons (Fsp3) is 0.438. The van der Waals surface area contributed by atoms with Crippen LogP contribution >= 0.6 is 0 Å². The van der Waals surface area contributed by atoms with Crippen LogP contribution in [0.3, 0.4) is 0 Å². The fourth-order valence-corrected chi connectivity index (χ4v) is 2.29. The van der Waals surface area contributed by atoms with Gasteiger partial charge in [0.2, 0.25) is 5.89 Å². The highest BCUT2D eigenvalue weighted by molar-refractivity contribution is 5.55. The third kappa shape index (κ3) is 4.56. The van der Waals surface area contributed by atoms with E-state index in [9.17, 15) is 13.2 Å². The molecule has 0 aliphatic rings. The molecule has 0 aliphatic carbocycles. The number of nitrogens with zero attached hydrogens (tertiary/aromatic N) is 2. The maximum atomic E-state index is 12.8. The summed E-state index contributed by atoms with van der Waals surface area (Å²) >= 11 is 0. The second-order valence-corrected chi connectivity index (χ2v) is 5.32. The Kier molecular flexibility index (Phi) is 5.98. The predicted molar refractivity (Wildman–Crippen MR) is 81.1 cm³/mol. The molecule has 5 nitrogen and oxygen atoms in total. The largest absolute Gasteiger partial charge is 0.441 e. The van der Waals surface area contributed by atoms with Crippen LogP contribution < -0.4 is 0 Å². The van der Waals surface area contributed by atoms with Crippen molar-refractivity contribution in [3.63, 3.8) is 0 Å². The molecule has 24 heavy (non-hydrogen) atoms. The minimum Gasteiger partial charge on any atom is -0.441 e. The highest BCUT2D eigenvalue weighted by Crippen LogP contribution is 2.32. The van der Waals surface area contributed by atoms with Crippen molar-refractivity contribution in [2.24, 2.45) is 0 Å². The van der Waals surface area contributed by atoms with Gasteiger partial charge < -0.3 is 14.6 Å². The Hall–Kier alpha value is -1.90. The molecule has 0 bridgehead atoms. The van der Waals surface area contributed by atoms with Crippen molar-refractivity contribution in [1.29, 1.82) is 0 Å². The van der Waals surface area contributed by atoms with Crippen LogP contribution in [0, 0.1) is 6.92 Å². The van der Waals surface area contributed by atoms with E-state index in [-0.39, 0.29) is 24.7 Å². The summed E-state index contributed by atoms with van der Waals surface area (Å²) in [6, 6.07) is 4.80. The van der Waals surface area contributed by atoms with Gasteiger partial charge in [0, 0.05) is 25.2 Å². The first-order chi connectivity index (χ1) is 11.3. The second-order valence-electron chi connectivity index (χ2n) is 5.32. The molecule has 2 rings (SSSR count). The van der Waals surface area contributed by atoms with Gasteiger partial charge >= 0.3 is 6.18 Å². The van der Waals surface area contributed by atoms with Crippen LogP contribution in [-0.2, 0) is 12.7 Å². The zero-order valence-electron chi connectivity index (χ0n) is 13.2. The number of benzene rings is 1. The molecule has 1 heterocycles. The maximum absolute atomic E-state index is 12.8. The van der Waals surface area contributed by atoms with Crippen molar-refractivity contribution in [2.45, 2.75) is 19.6 Å². The molecule has 0 aliphatic heterocycles. The number of rotatable bonds is 7. The number of halogens is 3. The average molecular weight is 344 g/mol. The van der Waals surface area contributed by atoms with E-state index in [1.807, 2.05) is 0 Å². The smallest absolute Gasteiger partial charge is 0.416 e. The molecule has 132 valence electrons. The van der Waals surface area contributed by atoms with E-state index in [1.165, 1.54) is 12.1 Å². The van der Waals surface area contributed by atoms with Gasteiger partial charge in [0.1, 0.15) is 5.76 Å². The quantitative estimate of drug-likeness (QED) is 0.807. The Morgan fingerprint density at radius 3 is 2.42 bits per heavy atom. The standard InChI is InChI=1S/C16H19F3N2O3/c1-11-14(10-21(5-7-22)6-8-23)20-15(24-11)12-3-2-4-13(9-12)16(17,18)19/h2-4,9,22-23H,5-8,10H2,1H3. The zero-order valence-corrected chi connectivity index (χ0v) is 13.2. The predicted octanol–water partition coefficient (Wildman–Crippen LogP) is 2.46. The molecule has 0 unspecified atom stereocenters. The molecule has 0 atom stereocenters. The molecular weight excluding hydrogens is 325 g/mol. The molecule has 0 saturated carbocycles. The summed E-state index contributed by atoms with van der Waals surface area (Å²) in [6.07, 6.45) is -4.43. The minimum absolute atomic E-state index is 0.0720. The van der Waals surface area contributed by atoms with Crippen molar-refractivity contribution >= 4 is 0 Å². The molecule has 0 amide bonds. The van der Waals surface area contributed by atoms with Crippen molar-refractivity contribution in [3.05, 3.63) is 41.3 Å². The zero-order chi connectivity index (χ0) is 17.7. The molecule has 0 fully saturated rings. The molecule has 0 spiro atoms. The summed E-state index contributed by atoms with van der Waals surface area (Å²) in [5.74, 6) is 0.602. The van der Waals surface area contributed by atoms with E-state index < -0.39 is 11.7 Å². The van der Waals surface area contributed by atoms with Gasteiger partial charge in [-0.25, -0.2) is 4.98 Å². The van der Waals surface area contributed by atoms with E-state index in [4.69, 9.17) is 14.6 Å². The second kappa shape index (κ2) is 7.78. The first kappa shape index (κ1) is 18.4. The van der Waals surface area contributed by atoms with E-state index in [2.05, 4.69) is 4.98 Å². The molecule has 1 aromatic heterocycles. The first-order valence-electron chi connectivity index (χ1n) is 7.43. The van der Waals surface area contributed by atoms with Gasteiger partial charge in [-0.1, -0.05) is 6.07 Å². The van der Waals surface area contributed by atoms with Crippen molar-refractivity contribution in [2.75, 3.05) is 26.3 Å². The molecule has 2 N–H and O–H groups in total. The van der Waals surface area contributed by atoms with E-state index >= 15 is 0 Å². The molecule has 0 saturated heterocycles. The van der Waals surface area contributed by atoms with Gasteiger partial charge in [-0.05, 0) is 25.1 Å². The minimum atomic E-state index is -4.43. The Morgan fingerprint density at radius 2 is 1.83 bits per heavy atom. The summed E-state index contributed by atoms with van der Waals surface area (Å²) in [5, 5.41) is 18.1. The molecule has 8 heteroatoms. The fourth-order valence-electron chi connectivity index (χ4n) is 2.29. The topological polar surface area (TPSA) is 69.7 Å². The highest BCUT2D eigenvalue weighted by Gasteiger charge is 2.30. The van der Waals surface area contributed by atoms with Gasteiger partial charge in [-0.3, -0.25) is 4.90 Å². The lowest BCUT2D eigenvalue weighted by molar-refractivity contribution is -0.137. The van der Waals surface area contributed by atoms with Gasteiger partial charge in [-0.15, -0.1) is 0 Å². The maximum Gasteiger partial charge on any atom is 0.416 e. The lowest BCUT2D eigenvalue weighted by Gasteiger charge is -2.18. The van der Waals surface area contributed by atoms with Crippen LogP contribution in [-0.4, -0.2) is 46.4 Å². The molecule has 0 radical (unpaired) electrons. The van der Waals surface area contributed by atoms with Crippen LogP contribution in [0.25, 0.3) is 11.5 Å². The number of aliphatic hydroxyl groups is 2. The number of alkyl halides is 3. The Morgan fingerprint density at radius 1 is 1.17 bits per heavy atom. The summed E-state index contributed by atoms with van der Waals surface area (Å²) in [4.78, 5) is 6.05. The number of aryl methyl sites for hydroxylation is 1. The molecule has 1 aromatic carbocycles. The van der Waals surface area contributed by atoms with Gasteiger partial charge in [0.15, 0.2) is 0 Å². The van der Waals surface area contributed by atoms with Crippen LogP contribution in [0.15, 0.2) is 28.7 Å². The molecule has 2 aromatic rings. The Bertz CT molecular complexity index is 665. The van der Waals surface area contributed by atoms with E-state index in [0.29, 0.717) is 31.1 Å². The molecular formula is C16H19F3N2O3.